The summed E-state index contributed by atoms with van der Waals surface area (Å²) in [7, 11) is 0. The minimum absolute atomic E-state index is 0.215. The van der Waals surface area contributed by atoms with Crippen LogP contribution in [0.3, 0.4) is 0 Å². The van der Waals surface area contributed by atoms with Crippen molar-refractivity contribution in [1.82, 2.24) is 9.80 Å². The van der Waals surface area contributed by atoms with Crippen molar-refractivity contribution in [2.45, 2.75) is 20.0 Å². The summed E-state index contributed by atoms with van der Waals surface area (Å²) >= 11 is 0. The van der Waals surface area contributed by atoms with Gasteiger partial charge >= 0.3 is 0 Å². The first-order valence-electron chi connectivity index (χ1n) is 8.02. The molecule has 1 fully saturated rings. The number of benzene rings is 1. The van der Waals surface area contributed by atoms with Crippen molar-refractivity contribution in [3.63, 3.8) is 0 Å². The van der Waals surface area contributed by atoms with Gasteiger partial charge in [0.25, 0.3) is 0 Å². The van der Waals surface area contributed by atoms with E-state index in [9.17, 15) is 5.11 Å². The molecule has 1 aromatic carbocycles. The number of hydrogen-bond acceptors (Lipinski definition) is 5. The summed E-state index contributed by atoms with van der Waals surface area (Å²) in [5, 5.41) is 19.1. The second-order valence-corrected chi connectivity index (χ2v) is 6.10. The van der Waals surface area contributed by atoms with Gasteiger partial charge in [0.2, 0.25) is 0 Å². The van der Waals surface area contributed by atoms with Crippen molar-refractivity contribution in [2.24, 2.45) is 0 Å². The van der Waals surface area contributed by atoms with E-state index in [0.29, 0.717) is 13.2 Å². The third kappa shape index (κ3) is 5.25. The predicted molar refractivity (Wildman–Crippen MR) is 87.4 cm³/mol. The van der Waals surface area contributed by atoms with Crippen molar-refractivity contribution in [1.29, 1.82) is 0 Å². The van der Waals surface area contributed by atoms with Crippen LogP contribution >= 0.6 is 0 Å². The zero-order valence-corrected chi connectivity index (χ0v) is 13.7. The van der Waals surface area contributed by atoms with E-state index in [1.54, 1.807) is 0 Å². The van der Waals surface area contributed by atoms with E-state index < -0.39 is 6.10 Å². The molecule has 1 saturated heterocycles. The summed E-state index contributed by atoms with van der Waals surface area (Å²) in [6, 6.07) is 6.11. The Morgan fingerprint density at radius 2 is 1.82 bits per heavy atom. The number of ether oxygens (including phenoxy) is 1. The molecule has 1 aliphatic rings. The molecule has 0 aromatic heterocycles. The van der Waals surface area contributed by atoms with Gasteiger partial charge in [0, 0.05) is 39.3 Å². The Balaban J connectivity index is 1.72. The number of aliphatic hydroxyl groups is 2. The molecule has 5 heteroatoms. The Labute approximate surface area is 133 Å². The number of hydrogen-bond donors (Lipinski definition) is 2. The standard InChI is InChI=1S/C17H28N2O3/c1-14-3-4-15(2)17(11-14)22-13-16(21)12-19-7-5-18(6-8-19)9-10-20/h3-4,11,16,20-21H,5-10,12-13H2,1-2H3. The lowest BCUT2D eigenvalue weighted by Gasteiger charge is -2.35. The number of nitrogens with zero attached hydrogens (tertiary/aromatic N) is 2. The van der Waals surface area contributed by atoms with Gasteiger partial charge in [0.05, 0.1) is 6.61 Å². The van der Waals surface area contributed by atoms with Gasteiger partial charge in [0.15, 0.2) is 0 Å². The summed E-state index contributed by atoms with van der Waals surface area (Å²) in [6.45, 7) is 9.73. The van der Waals surface area contributed by atoms with Crippen LogP contribution in [0.1, 0.15) is 11.1 Å². The zero-order valence-electron chi connectivity index (χ0n) is 13.7. The van der Waals surface area contributed by atoms with Crippen molar-refractivity contribution in [2.75, 3.05) is 52.5 Å². The number of rotatable bonds is 7. The van der Waals surface area contributed by atoms with Crippen LogP contribution in [0.2, 0.25) is 0 Å². The number of β-amino-alcohol motifs (C(OH)–C–C–N with tert-alkyl or cyclic N) is 2. The van der Waals surface area contributed by atoms with E-state index in [4.69, 9.17) is 9.84 Å². The maximum atomic E-state index is 10.2. The maximum Gasteiger partial charge on any atom is 0.122 e. The first kappa shape index (κ1) is 17.2. The molecular weight excluding hydrogens is 280 g/mol. The molecule has 2 rings (SSSR count). The Morgan fingerprint density at radius 1 is 1.14 bits per heavy atom. The largest absolute Gasteiger partial charge is 0.491 e. The highest BCUT2D eigenvalue weighted by atomic mass is 16.5. The smallest absolute Gasteiger partial charge is 0.122 e. The van der Waals surface area contributed by atoms with Gasteiger partial charge < -0.3 is 14.9 Å². The van der Waals surface area contributed by atoms with Crippen LogP contribution in [0.5, 0.6) is 5.75 Å². The average molecular weight is 308 g/mol. The third-order valence-electron chi connectivity index (χ3n) is 4.12. The molecule has 0 amide bonds. The lowest BCUT2D eigenvalue weighted by molar-refractivity contribution is 0.0427. The second kappa shape index (κ2) is 8.48. The van der Waals surface area contributed by atoms with Gasteiger partial charge in [-0.25, -0.2) is 0 Å². The molecule has 0 radical (unpaired) electrons. The SMILES string of the molecule is Cc1ccc(C)c(OCC(O)CN2CCN(CCO)CC2)c1. The summed E-state index contributed by atoms with van der Waals surface area (Å²) in [4.78, 5) is 4.50. The number of aryl methyl sites for hydroxylation is 2. The lowest BCUT2D eigenvalue weighted by atomic mass is 10.1. The normalized spacial score (nSPS) is 18.4. The number of piperazine rings is 1. The molecule has 5 nitrogen and oxygen atoms in total. The van der Waals surface area contributed by atoms with Gasteiger partial charge in [0.1, 0.15) is 18.5 Å². The first-order chi connectivity index (χ1) is 10.6. The fraction of sp³-hybridized carbons (Fsp3) is 0.647. The molecule has 2 N–H and O–H groups in total. The summed E-state index contributed by atoms with van der Waals surface area (Å²) in [5.74, 6) is 0.854. The molecule has 1 aliphatic heterocycles. The van der Waals surface area contributed by atoms with Crippen molar-refractivity contribution >= 4 is 0 Å². The fourth-order valence-corrected chi connectivity index (χ4v) is 2.74. The van der Waals surface area contributed by atoms with Gasteiger partial charge in [-0.15, -0.1) is 0 Å². The Morgan fingerprint density at radius 3 is 2.50 bits per heavy atom. The minimum Gasteiger partial charge on any atom is -0.491 e. The van der Waals surface area contributed by atoms with Gasteiger partial charge in [-0.2, -0.15) is 0 Å². The summed E-state index contributed by atoms with van der Waals surface area (Å²) in [6.07, 6.45) is -0.482. The second-order valence-electron chi connectivity index (χ2n) is 6.10. The van der Waals surface area contributed by atoms with E-state index >= 15 is 0 Å². The third-order valence-corrected chi connectivity index (χ3v) is 4.12. The highest BCUT2D eigenvalue weighted by Gasteiger charge is 2.19. The van der Waals surface area contributed by atoms with Crippen LogP contribution in [-0.4, -0.2) is 78.6 Å². The first-order valence-corrected chi connectivity index (χ1v) is 8.02. The molecule has 1 unspecified atom stereocenters. The predicted octanol–water partition coefficient (Wildman–Crippen LogP) is 0.653. The fourth-order valence-electron chi connectivity index (χ4n) is 2.74. The van der Waals surface area contributed by atoms with Crippen LogP contribution in [0.15, 0.2) is 18.2 Å². The molecule has 0 saturated carbocycles. The van der Waals surface area contributed by atoms with Crippen LogP contribution < -0.4 is 4.74 Å². The highest BCUT2D eigenvalue weighted by Crippen LogP contribution is 2.19. The topological polar surface area (TPSA) is 56.2 Å². The molecule has 22 heavy (non-hydrogen) atoms. The van der Waals surface area contributed by atoms with E-state index in [1.807, 2.05) is 26.0 Å². The number of aliphatic hydroxyl groups excluding tert-OH is 2. The van der Waals surface area contributed by atoms with Crippen LogP contribution in [0.25, 0.3) is 0 Å². The van der Waals surface area contributed by atoms with Crippen molar-refractivity contribution < 1.29 is 14.9 Å². The molecule has 0 bridgehead atoms. The Bertz CT molecular complexity index is 459. The monoisotopic (exact) mass is 308 g/mol. The molecule has 1 aromatic rings. The van der Waals surface area contributed by atoms with E-state index in [2.05, 4.69) is 15.9 Å². The molecule has 0 aliphatic carbocycles. The lowest BCUT2D eigenvalue weighted by Crippen LogP contribution is -2.49. The quantitative estimate of drug-likeness (QED) is 0.775. The molecule has 1 atom stereocenters. The van der Waals surface area contributed by atoms with Crippen LogP contribution in [0.4, 0.5) is 0 Å². The van der Waals surface area contributed by atoms with Crippen molar-refractivity contribution in [3.05, 3.63) is 29.3 Å². The van der Waals surface area contributed by atoms with Crippen LogP contribution in [-0.2, 0) is 0 Å². The zero-order chi connectivity index (χ0) is 15.9. The maximum absolute atomic E-state index is 10.2. The van der Waals surface area contributed by atoms with Gasteiger partial charge in [-0.05, 0) is 31.0 Å². The van der Waals surface area contributed by atoms with Crippen molar-refractivity contribution in [3.8, 4) is 5.75 Å². The Kier molecular flexibility index (Phi) is 6.64. The van der Waals surface area contributed by atoms with Gasteiger partial charge in [-0.3, -0.25) is 9.80 Å². The average Bonchev–Trinajstić information content (AvgIpc) is 2.50. The highest BCUT2D eigenvalue weighted by molar-refractivity contribution is 5.35. The van der Waals surface area contributed by atoms with E-state index in [0.717, 1.165) is 49.6 Å². The summed E-state index contributed by atoms with van der Waals surface area (Å²) in [5.41, 5.74) is 2.26. The minimum atomic E-state index is -0.482. The molecule has 124 valence electrons. The van der Waals surface area contributed by atoms with E-state index in [-0.39, 0.29) is 6.61 Å². The molecular formula is C17H28N2O3. The molecule has 0 spiro atoms. The van der Waals surface area contributed by atoms with Gasteiger partial charge in [-0.1, -0.05) is 12.1 Å². The Hall–Kier alpha value is -1.14. The molecule has 1 heterocycles. The van der Waals surface area contributed by atoms with Crippen LogP contribution in [0, 0.1) is 13.8 Å². The van der Waals surface area contributed by atoms with E-state index in [1.165, 1.54) is 0 Å². The summed E-state index contributed by atoms with van der Waals surface area (Å²) < 4.78 is 5.76.